The third kappa shape index (κ3) is 4.11. The molecular weight excluding hydrogens is 272 g/mol. The van der Waals surface area contributed by atoms with E-state index in [1.54, 1.807) is 6.92 Å². The van der Waals surface area contributed by atoms with Gasteiger partial charge in [0.1, 0.15) is 23.2 Å². The SMILES string of the molecule is C[C@H](O)C[C@@H]1CCCCCc2cc(O)cc(O)c2C(=O)O1. The predicted molar refractivity (Wildman–Crippen MR) is 77.4 cm³/mol. The van der Waals surface area contributed by atoms with Crippen LogP contribution in [0.4, 0.5) is 0 Å². The second-order valence-corrected chi connectivity index (χ2v) is 5.71. The maximum Gasteiger partial charge on any atom is 0.342 e. The predicted octanol–water partition coefficient (Wildman–Crippen LogP) is 2.51. The van der Waals surface area contributed by atoms with Gasteiger partial charge in [-0.25, -0.2) is 4.79 Å². The first-order valence-electron chi connectivity index (χ1n) is 7.41. The summed E-state index contributed by atoms with van der Waals surface area (Å²) in [5.74, 6) is -0.905. The van der Waals surface area contributed by atoms with Gasteiger partial charge in [-0.15, -0.1) is 0 Å². The van der Waals surface area contributed by atoms with Crippen molar-refractivity contribution >= 4 is 5.97 Å². The molecule has 116 valence electrons. The summed E-state index contributed by atoms with van der Waals surface area (Å²) in [6.07, 6.45) is 3.60. The number of aromatic hydroxyl groups is 2. The zero-order valence-electron chi connectivity index (χ0n) is 12.2. The van der Waals surface area contributed by atoms with Crippen LogP contribution < -0.4 is 0 Å². The van der Waals surface area contributed by atoms with E-state index < -0.39 is 12.1 Å². The van der Waals surface area contributed by atoms with Crippen LogP contribution in [-0.4, -0.2) is 33.5 Å². The lowest BCUT2D eigenvalue weighted by Gasteiger charge is -2.22. The van der Waals surface area contributed by atoms with Gasteiger partial charge in [-0.3, -0.25) is 0 Å². The van der Waals surface area contributed by atoms with E-state index >= 15 is 0 Å². The van der Waals surface area contributed by atoms with E-state index in [-0.39, 0.29) is 23.2 Å². The summed E-state index contributed by atoms with van der Waals surface area (Å²) in [6, 6.07) is 2.65. The molecule has 0 amide bonds. The number of aliphatic hydroxyl groups excluding tert-OH is 1. The monoisotopic (exact) mass is 294 g/mol. The van der Waals surface area contributed by atoms with Gasteiger partial charge in [0, 0.05) is 12.5 Å². The summed E-state index contributed by atoms with van der Waals surface area (Å²) in [4.78, 5) is 12.3. The fourth-order valence-corrected chi connectivity index (χ4v) is 2.78. The molecule has 0 saturated carbocycles. The zero-order chi connectivity index (χ0) is 15.4. The highest BCUT2D eigenvalue weighted by Crippen LogP contribution is 2.31. The Balaban J connectivity index is 2.30. The minimum absolute atomic E-state index is 0.0587. The van der Waals surface area contributed by atoms with E-state index in [0.29, 0.717) is 24.8 Å². The molecule has 5 nitrogen and oxygen atoms in total. The molecule has 1 aliphatic heterocycles. The first kappa shape index (κ1) is 15.6. The van der Waals surface area contributed by atoms with E-state index in [1.807, 2.05) is 0 Å². The van der Waals surface area contributed by atoms with Crippen molar-refractivity contribution in [2.45, 2.75) is 57.7 Å². The Morgan fingerprint density at radius 2 is 2.05 bits per heavy atom. The van der Waals surface area contributed by atoms with Crippen LogP contribution in [0.25, 0.3) is 0 Å². The minimum atomic E-state index is -0.588. The standard InChI is InChI=1S/C16H22O5/c1-10(17)7-13-6-4-2-3-5-11-8-12(18)9-14(19)15(11)16(20)21-13/h8-10,13,17-19H,2-7H2,1H3/t10-,13-/m0/s1. The largest absolute Gasteiger partial charge is 0.508 e. The van der Waals surface area contributed by atoms with Crippen LogP contribution >= 0.6 is 0 Å². The Morgan fingerprint density at radius 3 is 2.76 bits per heavy atom. The number of cyclic esters (lactones) is 1. The molecule has 0 saturated heterocycles. The lowest BCUT2D eigenvalue weighted by molar-refractivity contribution is 0.0131. The van der Waals surface area contributed by atoms with Gasteiger partial charge in [0.15, 0.2) is 0 Å². The number of ether oxygens (including phenoxy) is 1. The number of aliphatic hydroxyl groups is 1. The number of phenolic OH excluding ortho intramolecular Hbond substituents is 2. The molecule has 5 heteroatoms. The van der Waals surface area contributed by atoms with Gasteiger partial charge in [0.2, 0.25) is 0 Å². The van der Waals surface area contributed by atoms with Crippen molar-refractivity contribution in [2.24, 2.45) is 0 Å². The summed E-state index contributed by atoms with van der Waals surface area (Å²) in [5, 5.41) is 29.0. The number of benzene rings is 1. The maximum absolute atomic E-state index is 12.3. The number of aryl methyl sites for hydroxylation is 1. The third-order valence-electron chi connectivity index (χ3n) is 3.74. The van der Waals surface area contributed by atoms with Crippen LogP contribution in [0.5, 0.6) is 11.5 Å². The topological polar surface area (TPSA) is 87.0 Å². The number of fused-ring (bicyclic) bond motifs is 1. The number of hydrogen-bond acceptors (Lipinski definition) is 5. The number of carbonyl (C=O) groups excluding carboxylic acids is 1. The van der Waals surface area contributed by atoms with Crippen LogP contribution in [-0.2, 0) is 11.2 Å². The normalized spacial score (nSPS) is 21.2. The molecule has 2 rings (SSSR count). The number of carbonyl (C=O) groups is 1. The van der Waals surface area contributed by atoms with Crippen molar-refractivity contribution in [3.63, 3.8) is 0 Å². The van der Waals surface area contributed by atoms with E-state index in [9.17, 15) is 20.1 Å². The highest BCUT2D eigenvalue weighted by atomic mass is 16.5. The second kappa shape index (κ2) is 6.80. The van der Waals surface area contributed by atoms with Crippen molar-refractivity contribution in [2.75, 3.05) is 0 Å². The van der Waals surface area contributed by atoms with Crippen molar-refractivity contribution in [3.8, 4) is 11.5 Å². The van der Waals surface area contributed by atoms with Gasteiger partial charge in [-0.05, 0) is 44.2 Å². The Morgan fingerprint density at radius 1 is 1.29 bits per heavy atom. The van der Waals surface area contributed by atoms with Crippen molar-refractivity contribution in [3.05, 3.63) is 23.3 Å². The first-order chi connectivity index (χ1) is 9.97. The number of phenols is 2. The molecule has 0 aliphatic carbocycles. The molecule has 0 bridgehead atoms. The molecule has 0 radical (unpaired) electrons. The Labute approximate surface area is 124 Å². The van der Waals surface area contributed by atoms with Gasteiger partial charge in [0.25, 0.3) is 0 Å². The zero-order valence-corrected chi connectivity index (χ0v) is 12.2. The minimum Gasteiger partial charge on any atom is -0.508 e. The molecule has 21 heavy (non-hydrogen) atoms. The Bertz CT molecular complexity index is 510. The molecule has 1 heterocycles. The molecule has 1 aromatic rings. The Kier molecular flexibility index (Phi) is 5.07. The lowest BCUT2D eigenvalue weighted by atomic mass is 9.97. The van der Waals surface area contributed by atoms with E-state index in [4.69, 9.17) is 4.74 Å². The lowest BCUT2D eigenvalue weighted by Crippen LogP contribution is -2.24. The molecule has 0 unspecified atom stereocenters. The highest BCUT2D eigenvalue weighted by molar-refractivity contribution is 5.94. The third-order valence-corrected chi connectivity index (χ3v) is 3.74. The fraction of sp³-hybridized carbons (Fsp3) is 0.562. The first-order valence-corrected chi connectivity index (χ1v) is 7.41. The summed E-state index contributed by atoms with van der Waals surface area (Å²) in [7, 11) is 0. The van der Waals surface area contributed by atoms with Crippen LogP contribution in [0, 0.1) is 0 Å². The average Bonchev–Trinajstić information content (AvgIpc) is 2.36. The molecule has 1 aliphatic rings. The molecule has 0 spiro atoms. The number of esters is 1. The summed E-state index contributed by atoms with van der Waals surface area (Å²) < 4.78 is 5.44. The smallest absolute Gasteiger partial charge is 0.342 e. The average molecular weight is 294 g/mol. The molecule has 0 aromatic heterocycles. The summed E-state index contributed by atoms with van der Waals surface area (Å²) in [5.41, 5.74) is 0.737. The van der Waals surface area contributed by atoms with Crippen LogP contribution in [0.3, 0.4) is 0 Å². The van der Waals surface area contributed by atoms with Crippen LogP contribution in [0.15, 0.2) is 12.1 Å². The molecule has 2 atom stereocenters. The fourth-order valence-electron chi connectivity index (χ4n) is 2.78. The second-order valence-electron chi connectivity index (χ2n) is 5.71. The molecule has 0 fully saturated rings. The number of hydrogen-bond donors (Lipinski definition) is 3. The maximum atomic E-state index is 12.3. The van der Waals surface area contributed by atoms with Gasteiger partial charge in [0.05, 0.1) is 6.10 Å². The van der Waals surface area contributed by atoms with Crippen molar-refractivity contribution in [1.82, 2.24) is 0 Å². The summed E-state index contributed by atoms with van der Waals surface area (Å²) >= 11 is 0. The van der Waals surface area contributed by atoms with Crippen LogP contribution in [0.1, 0.15) is 54.9 Å². The van der Waals surface area contributed by atoms with E-state index in [1.165, 1.54) is 6.07 Å². The van der Waals surface area contributed by atoms with Gasteiger partial charge < -0.3 is 20.1 Å². The van der Waals surface area contributed by atoms with E-state index in [0.717, 1.165) is 25.3 Å². The van der Waals surface area contributed by atoms with Crippen molar-refractivity contribution < 1.29 is 24.9 Å². The van der Waals surface area contributed by atoms with Crippen LogP contribution in [0.2, 0.25) is 0 Å². The van der Waals surface area contributed by atoms with Gasteiger partial charge >= 0.3 is 5.97 Å². The molecular formula is C16H22O5. The molecule has 3 N–H and O–H groups in total. The highest BCUT2D eigenvalue weighted by Gasteiger charge is 2.24. The quantitative estimate of drug-likeness (QED) is 0.730. The van der Waals surface area contributed by atoms with E-state index in [2.05, 4.69) is 0 Å². The summed E-state index contributed by atoms with van der Waals surface area (Å²) in [6.45, 7) is 1.66. The Hall–Kier alpha value is -1.75. The molecule has 1 aromatic carbocycles. The van der Waals surface area contributed by atoms with Gasteiger partial charge in [-0.1, -0.05) is 6.42 Å². The van der Waals surface area contributed by atoms with Gasteiger partial charge in [-0.2, -0.15) is 0 Å². The van der Waals surface area contributed by atoms with Crippen molar-refractivity contribution in [1.29, 1.82) is 0 Å². The number of rotatable bonds is 2.